The van der Waals surface area contributed by atoms with Gasteiger partial charge in [0.05, 0.1) is 6.61 Å². The summed E-state index contributed by atoms with van der Waals surface area (Å²) in [5.41, 5.74) is 0. The summed E-state index contributed by atoms with van der Waals surface area (Å²) >= 11 is 1.45. The molecule has 1 rings (SSSR count). The van der Waals surface area contributed by atoms with Crippen molar-refractivity contribution in [3.05, 3.63) is 0 Å². The van der Waals surface area contributed by atoms with E-state index in [0.29, 0.717) is 17.6 Å². The summed E-state index contributed by atoms with van der Waals surface area (Å²) in [4.78, 5) is 11.3. The first-order chi connectivity index (χ1) is 7.26. The first-order valence-electron chi connectivity index (χ1n) is 5.52. The van der Waals surface area contributed by atoms with E-state index >= 15 is 0 Å². The van der Waals surface area contributed by atoms with Crippen molar-refractivity contribution in [3.8, 4) is 0 Å². The molecule has 0 amide bonds. The number of rotatable bonds is 5. The fourth-order valence-corrected chi connectivity index (χ4v) is 2.78. The largest absolute Gasteiger partial charge is 0.385 e. The van der Waals surface area contributed by atoms with Crippen LogP contribution in [0.25, 0.3) is 0 Å². The molecule has 3 nitrogen and oxygen atoms in total. The van der Waals surface area contributed by atoms with E-state index in [1.165, 1.54) is 11.8 Å². The van der Waals surface area contributed by atoms with Gasteiger partial charge in [-0.3, -0.25) is 4.79 Å². The van der Waals surface area contributed by atoms with E-state index < -0.39 is 0 Å². The van der Waals surface area contributed by atoms with Crippen molar-refractivity contribution in [2.24, 2.45) is 5.92 Å². The molecule has 0 aromatic rings. The van der Waals surface area contributed by atoms with E-state index in [0.717, 1.165) is 32.7 Å². The van der Waals surface area contributed by atoms with Crippen LogP contribution in [-0.4, -0.2) is 37.3 Å². The summed E-state index contributed by atoms with van der Waals surface area (Å²) in [5.74, 6) is 0.556. The number of thioether (sulfide) groups is 1. The van der Waals surface area contributed by atoms with Crippen molar-refractivity contribution in [2.75, 3.05) is 26.9 Å². The fourth-order valence-electron chi connectivity index (χ4n) is 1.71. The molecule has 4 heteroatoms. The standard InChI is InChI=1S/C11H20O3S/c1-3-11(12)15-10-6-9(4-5-13-2)7-14-8-10/h9-10H,3-8H2,1-2H3/t9-,10-/m1/s1. The zero-order chi connectivity index (χ0) is 11.1. The van der Waals surface area contributed by atoms with Gasteiger partial charge in [0.15, 0.2) is 5.12 Å². The number of carbonyl (C=O) groups excluding carboxylic acids is 1. The molecule has 1 aliphatic heterocycles. The second kappa shape index (κ2) is 7.25. The molecular formula is C11H20O3S. The van der Waals surface area contributed by atoms with Gasteiger partial charge in [-0.15, -0.1) is 0 Å². The number of methoxy groups -OCH3 is 1. The van der Waals surface area contributed by atoms with Gasteiger partial charge in [-0.05, 0) is 18.8 Å². The van der Waals surface area contributed by atoms with Gasteiger partial charge in [0, 0.05) is 32.0 Å². The molecule has 1 aliphatic rings. The van der Waals surface area contributed by atoms with Gasteiger partial charge in [0.25, 0.3) is 0 Å². The number of carbonyl (C=O) groups is 1. The monoisotopic (exact) mass is 232 g/mol. The van der Waals surface area contributed by atoms with Crippen LogP contribution in [-0.2, 0) is 14.3 Å². The Labute approximate surface area is 95.9 Å². The molecule has 1 fully saturated rings. The van der Waals surface area contributed by atoms with Gasteiger partial charge >= 0.3 is 0 Å². The smallest absolute Gasteiger partial charge is 0.189 e. The predicted octanol–water partition coefficient (Wildman–Crippen LogP) is 2.10. The quantitative estimate of drug-likeness (QED) is 0.727. The van der Waals surface area contributed by atoms with Gasteiger partial charge in [-0.25, -0.2) is 0 Å². The van der Waals surface area contributed by atoms with Gasteiger partial charge in [0.1, 0.15) is 0 Å². The molecule has 0 saturated carbocycles. The molecule has 1 heterocycles. The number of hydrogen-bond donors (Lipinski definition) is 0. The molecule has 88 valence electrons. The van der Waals surface area contributed by atoms with E-state index in [2.05, 4.69) is 0 Å². The van der Waals surface area contributed by atoms with Crippen LogP contribution in [0.5, 0.6) is 0 Å². The molecule has 1 saturated heterocycles. The van der Waals surface area contributed by atoms with Crippen molar-refractivity contribution in [2.45, 2.75) is 31.4 Å². The lowest BCUT2D eigenvalue weighted by Crippen LogP contribution is -2.29. The third-order valence-electron chi connectivity index (χ3n) is 2.57. The number of ether oxygens (including phenoxy) is 2. The summed E-state index contributed by atoms with van der Waals surface area (Å²) in [5, 5.41) is 0.629. The lowest BCUT2D eigenvalue weighted by atomic mass is 9.99. The summed E-state index contributed by atoms with van der Waals surface area (Å²) in [6.07, 6.45) is 2.73. The Balaban J connectivity index is 2.25. The SMILES string of the molecule is CCC(=O)S[C@H]1COC[C@H](CCOC)C1. The van der Waals surface area contributed by atoms with Crippen LogP contribution in [0.2, 0.25) is 0 Å². The fraction of sp³-hybridized carbons (Fsp3) is 0.909. The highest BCUT2D eigenvalue weighted by molar-refractivity contribution is 8.14. The van der Waals surface area contributed by atoms with E-state index in [9.17, 15) is 4.79 Å². The second-order valence-corrected chi connectivity index (χ2v) is 5.24. The van der Waals surface area contributed by atoms with Gasteiger partial charge < -0.3 is 9.47 Å². The Hall–Kier alpha value is -0.0600. The van der Waals surface area contributed by atoms with Gasteiger partial charge in [0.2, 0.25) is 0 Å². The molecule has 2 atom stereocenters. The normalized spacial score (nSPS) is 26.5. The van der Waals surface area contributed by atoms with Crippen LogP contribution in [0, 0.1) is 5.92 Å². The summed E-state index contributed by atoms with van der Waals surface area (Å²) in [6, 6.07) is 0. The maximum atomic E-state index is 11.3. The van der Waals surface area contributed by atoms with Crippen LogP contribution < -0.4 is 0 Å². The minimum atomic E-state index is 0.274. The third-order valence-corrected chi connectivity index (χ3v) is 3.78. The third kappa shape index (κ3) is 5.00. The Morgan fingerprint density at radius 1 is 1.53 bits per heavy atom. The Kier molecular flexibility index (Phi) is 6.29. The summed E-state index contributed by atoms with van der Waals surface area (Å²) in [7, 11) is 1.72. The molecule has 15 heavy (non-hydrogen) atoms. The maximum absolute atomic E-state index is 11.3. The lowest BCUT2D eigenvalue weighted by Gasteiger charge is -2.28. The Morgan fingerprint density at radius 2 is 2.33 bits per heavy atom. The van der Waals surface area contributed by atoms with Crippen LogP contribution >= 0.6 is 11.8 Å². The zero-order valence-corrected chi connectivity index (χ0v) is 10.3. The lowest BCUT2D eigenvalue weighted by molar-refractivity contribution is -0.110. The topological polar surface area (TPSA) is 35.5 Å². The molecule has 0 unspecified atom stereocenters. The van der Waals surface area contributed by atoms with Crippen molar-refractivity contribution < 1.29 is 14.3 Å². The van der Waals surface area contributed by atoms with Crippen LogP contribution in [0.4, 0.5) is 0 Å². The minimum Gasteiger partial charge on any atom is -0.385 e. The average molecular weight is 232 g/mol. The van der Waals surface area contributed by atoms with E-state index in [-0.39, 0.29) is 5.12 Å². The molecule has 0 N–H and O–H groups in total. The van der Waals surface area contributed by atoms with Crippen LogP contribution in [0.3, 0.4) is 0 Å². The zero-order valence-electron chi connectivity index (χ0n) is 9.53. The predicted molar refractivity (Wildman–Crippen MR) is 62.1 cm³/mol. The minimum absolute atomic E-state index is 0.274. The van der Waals surface area contributed by atoms with E-state index in [1.54, 1.807) is 7.11 Å². The number of hydrogen-bond acceptors (Lipinski definition) is 4. The molecule has 0 aromatic heterocycles. The first kappa shape index (κ1) is 13.0. The van der Waals surface area contributed by atoms with Crippen LogP contribution in [0.1, 0.15) is 26.2 Å². The van der Waals surface area contributed by atoms with E-state index in [4.69, 9.17) is 9.47 Å². The highest BCUT2D eigenvalue weighted by atomic mass is 32.2. The maximum Gasteiger partial charge on any atom is 0.189 e. The summed E-state index contributed by atoms with van der Waals surface area (Å²) in [6.45, 7) is 4.23. The van der Waals surface area contributed by atoms with Gasteiger partial charge in [-0.1, -0.05) is 18.7 Å². The van der Waals surface area contributed by atoms with Crippen molar-refractivity contribution in [1.29, 1.82) is 0 Å². The molecule has 0 spiro atoms. The second-order valence-electron chi connectivity index (χ2n) is 3.89. The Morgan fingerprint density at radius 3 is 3.00 bits per heavy atom. The Bertz CT molecular complexity index is 196. The first-order valence-corrected chi connectivity index (χ1v) is 6.40. The van der Waals surface area contributed by atoms with Gasteiger partial charge in [-0.2, -0.15) is 0 Å². The van der Waals surface area contributed by atoms with E-state index in [1.807, 2.05) is 6.92 Å². The highest BCUT2D eigenvalue weighted by Gasteiger charge is 2.24. The van der Waals surface area contributed by atoms with Crippen molar-refractivity contribution in [1.82, 2.24) is 0 Å². The average Bonchev–Trinajstić information content (AvgIpc) is 2.26. The van der Waals surface area contributed by atoms with Crippen LogP contribution in [0.15, 0.2) is 0 Å². The molecule has 0 radical (unpaired) electrons. The highest BCUT2D eigenvalue weighted by Crippen LogP contribution is 2.27. The van der Waals surface area contributed by atoms with Crippen molar-refractivity contribution in [3.63, 3.8) is 0 Å². The summed E-state index contributed by atoms with van der Waals surface area (Å²) < 4.78 is 10.6. The molecule has 0 aliphatic carbocycles. The molecular weight excluding hydrogens is 212 g/mol. The molecule has 0 bridgehead atoms. The molecule has 0 aromatic carbocycles. The van der Waals surface area contributed by atoms with Crippen molar-refractivity contribution >= 4 is 16.9 Å².